The van der Waals surface area contributed by atoms with Crippen LogP contribution in [0.3, 0.4) is 0 Å². The van der Waals surface area contributed by atoms with Crippen molar-refractivity contribution in [1.29, 1.82) is 0 Å². The molecular weight excluding hydrogens is 386 g/mol. The van der Waals surface area contributed by atoms with E-state index in [2.05, 4.69) is 127 Å². The average molecular weight is 408 g/mol. The van der Waals surface area contributed by atoms with Gasteiger partial charge in [0.1, 0.15) is 0 Å². The Morgan fingerprint density at radius 1 is 0.375 bits per heavy atom. The van der Waals surface area contributed by atoms with E-state index in [1.807, 2.05) is 0 Å². The van der Waals surface area contributed by atoms with E-state index < -0.39 is 0 Å². The van der Waals surface area contributed by atoms with Crippen LogP contribution in [0.15, 0.2) is 127 Å². The van der Waals surface area contributed by atoms with Crippen molar-refractivity contribution >= 4 is 21.5 Å². The molecule has 6 rings (SSSR count). The van der Waals surface area contributed by atoms with E-state index in [1.54, 1.807) is 0 Å². The van der Waals surface area contributed by atoms with Crippen LogP contribution in [0.25, 0.3) is 55.2 Å². The van der Waals surface area contributed by atoms with Crippen LogP contribution in [0.2, 0.25) is 0 Å². The number of nitrogens with zero attached hydrogens (tertiary/aromatic N) is 1. The maximum absolute atomic E-state index is 5.32. The summed E-state index contributed by atoms with van der Waals surface area (Å²) in [7, 11) is 0. The summed E-state index contributed by atoms with van der Waals surface area (Å²) in [5, 5.41) is 4.86. The summed E-state index contributed by atoms with van der Waals surface area (Å²) in [5.41, 5.74) is 6.64. The highest BCUT2D eigenvalue weighted by Crippen LogP contribution is 2.42. The fraction of sp³-hybridized carbons (Fsp3) is 0. The van der Waals surface area contributed by atoms with E-state index >= 15 is 0 Å². The van der Waals surface area contributed by atoms with Crippen LogP contribution in [-0.2, 0) is 0 Å². The molecule has 32 heavy (non-hydrogen) atoms. The lowest BCUT2D eigenvalue weighted by atomic mass is 9.90. The molecule has 0 radical (unpaired) electrons. The number of fused-ring (bicyclic) bond motifs is 2. The first kappa shape index (κ1) is 18.5. The predicted molar refractivity (Wildman–Crippen MR) is 136 cm³/mol. The van der Waals surface area contributed by atoms with Crippen LogP contribution in [0.5, 0.6) is 0 Å². The molecule has 0 saturated heterocycles. The molecule has 6 aromatic rings. The lowest BCUT2D eigenvalue weighted by Gasteiger charge is -2.18. The maximum Gasteiger partial charge on any atom is 0.0794 e. The van der Waals surface area contributed by atoms with Crippen molar-refractivity contribution in [2.24, 2.45) is 0 Å². The Kier molecular flexibility index (Phi) is 4.51. The molecule has 0 unspecified atom stereocenters. The fourth-order valence-electron chi connectivity index (χ4n) is 4.52. The Hall–Kier alpha value is -4.23. The quantitative estimate of drug-likeness (QED) is 0.268. The standard InChI is InChI=1S/C31H21N/c1-4-12-22(13-5-1)29-27-20-25-18-10-11-19-26(25)21-28(27)30(23-14-6-2-7-15-23)32-31(29)24-16-8-3-9-17-24/h1-21H. The molecule has 0 fully saturated rings. The molecule has 0 saturated carbocycles. The summed E-state index contributed by atoms with van der Waals surface area (Å²) < 4.78 is 0. The van der Waals surface area contributed by atoms with Gasteiger partial charge in [0, 0.05) is 22.1 Å². The van der Waals surface area contributed by atoms with Gasteiger partial charge in [0.25, 0.3) is 0 Å². The molecule has 0 amide bonds. The Balaban J connectivity index is 1.82. The first-order valence-corrected chi connectivity index (χ1v) is 10.9. The zero-order chi connectivity index (χ0) is 21.3. The second-order valence-electron chi connectivity index (χ2n) is 8.03. The van der Waals surface area contributed by atoms with Gasteiger partial charge in [0.2, 0.25) is 0 Å². The van der Waals surface area contributed by atoms with Crippen LogP contribution in [0.1, 0.15) is 0 Å². The third-order valence-corrected chi connectivity index (χ3v) is 6.03. The van der Waals surface area contributed by atoms with Crippen molar-refractivity contribution in [3.8, 4) is 33.6 Å². The molecule has 1 heteroatoms. The van der Waals surface area contributed by atoms with E-state index in [-0.39, 0.29) is 0 Å². The molecule has 0 N–H and O–H groups in total. The van der Waals surface area contributed by atoms with Crippen LogP contribution < -0.4 is 0 Å². The molecule has 1 aromatic heterocycles. The Morgan fingerprint density at radius 3 is 1.38 bits per heavy atom. The summed E-state index contributed by atoms with van der Waals surface area (Å²) in [6.07, 6.45) is 0. The smallest absolute Gasteiger partial charge is 0.0794 e. The van der Waals surface area contributed by atoms with Gasteiger partial charge in [0.15, 0.2) is 0 Å². The van der Waals surface area contributed by atoms with Crippen molar-refractivity contribution in [2.45, 2.75) is 0 Å². The monoisotopic (exact) mass is 407 g/mol. The van der Waals surface area contributed by atoms with Gasteiger partial charge >= 0.3 is 0 Å². The van der Waals surface area contributed by atoms with Crippen LogP contribution >= 0.6 is 0 Å². The highest BCUT2D eigenvalue weighted by Gasteiger charge is 2.18. The SMILES string of the molecule is c1ccc(-c2nc(-c3ccccc3)c3cc4ccccc4cc3c2-c2ccccc2)cc1. The largest absolute Gasteiger partial charge is 0.246 e. The summed E-state index contributed by atoms with van der Waals surface area (Å²) in [5.74, 6) is 0. The number of pyridine rings is 1. The molecule has 0 spiro atoms. The highest BCUT2D eigenvalue weighted by molar-refractivity contribution is 6.12. The van der Waals surface area contributed by atoms with Crippen molar-refractivity contribution in [3.05, 3.63) is 127 Å². The zero-order valence-corrected chi connectivity index (χ0v) is 17.6. The van der Waals surface area contributed by atoms with Crippen LogP contribution in [0, 0.1) is 0 Å². The van der Waals surface area contributed by atoms with Crippen LogP contribution in [0.4, 0.5) is 0 Å². The molecule has 1 nitrogen and oxygen atoms in total. The molecule has 0 bridgehead atoms. The second-order valence-corrected chi connectivity index (χ2v) is 8.03. The Bertz CT molecular complexity index is 1540. The van der Waals surface area contributed by atoms with Crippen molar-refractivity contribution < 1.29 is 0 Å². The molecule has 1 heterocycles. The second kappa shape index (κ2) is 7.79. The third-order valence-electron chi connectivity index (χ3n) is 6.03. The van der Waals surface area contributed by atoms with E-state index in [0.29, 0.717) is 0 Å². The topological polar surface area (TPSA) is 12.9 Å². The van der Waals surface area contributed by atoms with Gasteiger partial charge in [-0.25, -0.2) is 4.98 Å². The van der Waals surface area contributed by atoms with Crippen molar-refractivity contribution in [1.82, 2.24) is 4.98 Å². The van der Waals surface area contributed by atoms with Crippen molar-refractivity contribution in [3.63, 3.8) is 0 Å². The van der Waals surface area contributed by atoms with Crippen molar-refractivity contribution in [2.75, 3.05) is 0 Å². The number of hydrogen-bond donors (Lipinski definition) is 0. The lowest BCUT2D eigenvalue weighted by molar-refractivity contribution is 1.35. The third kappa shape index (κ3) is 3.16. The zero-order valence-electron chi connectivity index (χ0n) is 17.6. The summed E-state index contributed by atoms with van der Waals surface area (Å²) >= 11 is 0. The molecule has 5 aromatic carbocycles. The van der Waals surface area contributed by atoms with Gasteiger partial charge in [-0.2, -0.15) is 0 Å². The highest BCUT2D eigenvalue weighted by atomic mass is 14.7. The summed E-state index contributed by atoms with van der Waals surface area (Å²) in [6.45, 7) is 0. The average Bonchev–Trinajstić information content (AvgIpc) is 2.88. The summed E-state index contributed by atoms with van der Waals surface area (Å²) in [6, 6.07) is 44.8. The van der Waals surface area contributed by atoms with Gasteiger partial charge in [-0.1, -0.05) is 115 Å². The summed E-state index contributed by atoms with van der Waals surface area (Å²) in [4.78, 5) is 5.32. The van der Waals surface area contributed by atoms with Gasteiger partial charge in [0.05, 0.1) is 11.4 Å². The van der Waals surface area contributed by atoms with Crippen LogP contribution in [-0.4, -0.2) is 4.98 Å². The number of rotatable bonds is 3. The van der Waals surface area contributed by atoms with Gasteiger partial charge in [-0.15, -0.1) is 0 Å². The molecular formula is C31H21N. The Morgan fingerprint density at radius 2 is 0.812 bits per heavy atom. The number of benzene rings is 5. The number of aromatic nitrogens is 1. The van der Waals surface area contributed by atoms with Gasteiger partial charge in [-0.3, -0.25) is 0 Å². The Labute approximate surface area is 187 Å². The minimum atomic E-state index is 1.01. The first-order valence-electron chi connectivity index (χ1n) is 10.9. The minimum absolute atomic E-state index is 1.01. The molecule has 0 aliphatic carbocycles. The van der Waals surface area contributed by atoms with E-state index in [0.717, 1.165) is 22.5 Å². The van der Waals surface area contributed by atoms with E-state index in [9.17, 15) is 0 Å². The normalized spacial score (nSPS) is 11.1. The molecule has 0 atom stereocenters. The number of hydrogen-bond acceptors (Lipinski definition) is 1. The molecule has 0 aliphatic heterocycles. The van der Waals surface area contributed by atoms with Gasteiger partial charge in [-0.05, 0) is 33.9 Å². The van der Waals surface area contributed by atoms with E-state index in [4.69, 9.17) is 4.98 Å². The van der Waals surface area contributed by atoms with Gasteiger partial charge < -0.3 is 0 Å². The first-order chi connectivity index (χ1) is 15.9. The molecule has 150 valence electrons. The minimum Gasteiger partial charge on any atom is -0.246 e. The maximum atomic E-state index is 5.32. The molecule has 0 aliphatic rings. The lowest BCUT2D eigenvalue weighted by Crippen LogP contribution is -1.96. The fourth-order valence-corrected chi connectivity index (χ4v) is 4.52. The predicted octanol–water partition coefficient (Wildman–Crippen LogP) is 8.39. The van der Waals surface area contributed by atoms with E-state index in [1.165, 1.54) is 32.7 Å².